The first-order valence-electron chi connectivity index (χ1n) is 5.98. The second-order valence-corrected chi connectivity index (χ2v) is 4.31. The zero-order chi connectivity index (χ0) is 14.6. The highest BCUT2D eigenvalue weighted by Gasteiger charge is 2.20. The van der Waals surface area contributed by atoms with Gasteiger partial charge in [-0.2, -0.15) is 0 Å². The number of hydrogen-bond acceptors (Lipinski definition) is 4. The maximum absolute atomic E-state index is 11.8. The van der Waals surface area contributed by atoms with Gasteiger partial charge in [0, 0.05) is 25.4 Å². The molecule has 0 fully saturated rings. The first-order chi connectivity index (χ1) is 8.86. The van der Waals surface area contributed by atoms with E-state index in [4.69, 9.17) is 4.74 Å². The number of anilines is 1. The largest absolute Gasteiger partial charge is 0.462 e. The van der Waals surface area contributed by atoms with Gasteiger partial charge in [-0.25, -0.2) is 14.6 Å². The Balaban J connectivity index is 2.90. The van der Waals surface area contributed by atoms with Gasteiger partial charge in [-0.05, 0) is 20.8 Å². The maximum Gasteiger partial charge on any atom is 0.340 e. The average molecular weight is 268 g/mol. The molecule has 0 spiro atoms. The van der Waals surface area contributed by atoms with Crippen molar-refractivity contribution in [2.45, 2.75) is 20.8 Å². The summed E-state index contributed by atoms with van der Waals surface area (Å²) >= 11 is 0. The molecule has 0 saturated heterocycles. The number of H-pyrrole nitrogens is 1. The predicted molar refractivity (Wildman–Crippen MR) is 72.1 cm³/mol. The van der Waals surface area contributed by atoms with E-state index in [1.54, 1.807) is 34.9 Å². The number of ether oxygens (including phenoxy) is 1. The van der Waals surface area contributed by atoms with Gasteiger partial charge in [0.2, 0.25) is 0 Å². The molecule has 19 heavy (non-hydrogen) atoms. The summed E-state index contributed by atoms with van der Waals surface area (Å²) in [6, 6.07) is -0.384. The number of aromatic nitrogens is 1. The second-order valence-electron chi connectivity index (χ2n) is 4.31. The van der Waals surface area contributed by atoms with Gasteiger partial charge in [0.25, 0.3) is 0 Å². The quantitative estimate of drug-likeness (QED) is 0.569. The van der Waals surface area contributed by atoms with Crippen molar-refractivity contribution in [1.29, 1.82) is 0 Å². The molecule has 3 N–H and O–H groups in total. The predicted octanol–water partition coefficient (Wildman–Crippen LogP) is 1.41. The zero-order valence-electron chi connectivity index (χ0n) is 11.9. The van der Waals surface area contributed by atoms with E-state index in [2.05, 4.69) is 15.7 Å². The summed E-state index contributed by atoms with van der Waals surface area (Å²) in [6.45, 7) is 5.57. The Hall–Kier alpha value is -2.02. The highest BCUT2D eigenvalue weighted by molar-refractivity contribution is 5.97. The molecule has 0 bridgehead atoms. The van der Waals surface area contributed by atoms with Crippen LogP contribution in [0.4, 0.5) is 10.6 Å². The summed E-state index contributed by atoms with van der Waals surface area (Å²) in [6.07, 6.45) is 0. The Labute approximate surface area is 112 Å². The summed E-state index contributed by atoms with van der Waals surface area (Å²) < 4.78 is 4.98. The molecule has 0 unspecified atom stereocenters. The number of amides is 2. The minimum absolute atomic E-state index is 0.312. The third-order valence-electron chi connectivity index (χ3n) is 2.48. The van der Waals surface area contributed by atoms with Crippen LogP contribution in [0.3, 0.4) is 0 Å². The van der Waals surface area contributed by atoms with Crippen LogP contribution in [-0.2, 0) is 4.74 Å². The van der Waals surface area contributed by atoms with Crippen molar-refractivity contribution in [2.24, 2.45) is 0 Å². The van der Waals surface area contributed by atoms with Crippen molar-refractivity contribution in [3.8, 4) is 0 Å². The number of nitrogens with one attached hydrogen (secondary N) is 3. The topological polar surface area (TPSA) is 86.5 Å². The molecule has 1 aromatic rings. The standard InChI is InChI=1S/C12H20N4O3/c1-6-19-11(17)9-7(2)10(13-8(9)3)14-12(18)15-16(4)5/h13H,6H2,1-5H3,(H2,14,15,18). The number of hydrazine groups is 1. The summed E-state index contributed by atoms with van der Waals surface area (Å²) in [5.74, 6) is 0.0923. The van der Waals surface area contributed by atoms with Gasteiger partial charge in [0.1, 0.15) is 5.82 Å². The van der Waals surface area contributed by atoms with E-state index >= 15 is 0 Å². The Bertz CT molecular complexity index is 480. The number of carbonyl (C=O) groups is 2. The van der Waals surface area contributed by atoms with E-state index in [1.807, 2.05) is 0 Å². The molecule has 0 saturated carbocycles. The summed E-state index contributed by atoms with van der Waals surface area (Å²) in [5, 5.41) is 4.17. The lowest BCUT2D eigenvalue weighted by Crippen LogP contribution is -2.39. The van der Waals surface area contributed by atoms with Gasteiger partial charge >= 0.3 is 12.0 Å². The fourth-order valence-electron chi connectivity index (χ4n) is 1.73. The number of urea groups is 1. The smallest absolute Gasteiger partial charge is 0.340 e. The molecule has 0 aliphatic carbocycles. The van der Waals surface area contributed by atoms with Crippen LogP contribution >= 0.6 is 0 Å². The number of nitrogens with zero attached hydrogens (tertiary/aromatic N) is 1. The third kappa shape index (κ3) is 3.72. The Morgan fingerprint density at radius 2 is 1.95 bits per heavy atom. The molecule has 106 valence electrons. The monoisotopic (exact) mass is 268 g/mol. The minimum atomic E-state index is -0.394. The van der Waals surface area contributed by atoms with Crippen LogP contribution < -0.4 is 10.7 Å². The highest BCUT2D eigenvalue weighted by atomic mass is 16.5. The molecular weight excluding hydrogens is 248 g/mol. The summed E-state index contributed by atoms with van der Waals surface area (Å²) in [4.78, 5) is 26.3. The van der Waals surface area contributed by atoms with Crippen molar-refractivity contribution >= 4 is 17.8 Å². The number of rotatable bonds is 4. The summed E-state index contributed by atoms with van der Waals surface area (Å²) in [5.41, 5.74) is 4.33. The van der Waals surface area contributed by atoms with E-state index in [0.717, 1.165) is 0 Å². The van der Waals surface area contributed by atoms with Crippen molar-refractivity contribution in [2.75, 3.05) is 26.0 Å². The Morgan fingerprint density at radius 1 is 1.32 bits per heavy atom. The van der Waals surface area contributed by atoms with Crippen molar-refractivity contribution in [3.05, 3.63) is 16.8 Å². The Kier molecular flexibility index (Phi) is 4.94. The van der Waals surface area contributed by atoms with Crippen LogP contribution in [0.1, 0.15) is 28.5 Å². The first kappa shape index (κ1) is 15.0. The molecule has 1 heterocycles. The lowest BCUT2D eigenvalue weighted by atomic mass is 10.1. The maximum atomic E-state index is 11.8. The number of hydrogen-bond donors (Lipinski definition) is 3. The summed E-state index contributed by atoms with van der Waals surface area (Å²) in [7, 11) is 3.41. The normalized spacial score (nSPS) is 10.4. The number of aromatic amines is 1. The second kappa shape index (κ2) is 6.24. The lowest BCUT2D eigenvalue weighted by Gasteiger charge is -2.12. The first-order valence-corrected chi connectivity index (χ1v) is 5.98. The van der Waals surface area contributed by atoms with Crippen LogP contribution in [0.5, 0.6) is 0 Å². The molecule has 7 nitrogen and oxygen atoms in total. The molecule has 0 aliphatic heterocycles. The highest BCUT2D eigenvalue weighted by Crippen LogP contribution is 2.22. The van der Waals surface area contributed by atoms with E-state index in [1.165, 1.54) is 5.01 Å². The van der Waals surface area contributed by atoms with Gasteiger partial charge < -0.3 is 9.72 Å². The Morgan fingerprint density at radius 3 is 2.47 bits per heavy atom. The molecule has 0 aliphatic rings. The molecule has 0 radical (unpaired) electrons. The molecule has 1 aromatic heterocycles. The number of esters is 1. The van der Waals surface area contributed by atoms with Crippen LogP contribution in [0.15, 0.2) is 0 Å². The van der Waals surface area contributed by atoms with E-state index in [0.29, 0.717) is 29.2 Å². The fraction of sp³-hybridized carbons (Fsp3) is 0.500. The molecule has 1 rings (SSSR count). The van der Waals surface area contributed by atoms with E-state index in [9.17, 15) is 9.59 Å². The van der Waals surface area contributed by atoms with Crippen molar-refractivity contribution in [3.63, 3.8) is 0 Å². The van der Waals surface area contributed by atoms with E-state index in [-0.39, 0.29) is 6.03 Å². The van der Waals surface area contributed by atoms with Crippen molar-refractivity contribution in [1.82, 2.24) is 15.4 Å². The molecule has 7 heteroatoms. The van der Waals surface area contributed by atoms with Crippen molar-refractivity contribution < 1.29 is 14.3 Å². The lowest BCUT2D eigenvalue weighted by molar-refractivity contribution is 0.0525. The average Bonchev–Trinajstić information content (AvgIpc) is 2.53. The molecule has 0 aromatic carbocycles. The van der Waals surface area contributed by atoms with Crippen LogP contribution in [-0.4, -0.2) is 42.7 Å². The minimum Gasteiger partial charge on any atom is -0.462 e. The molecule has 0 atom stereocenters. The number of aryl methyl sites for hydroxylation is 1. The third-order valence-corrected chi connectivity index (χ3v) is 2.48. The van der Waals surface area contributed by atoms with Crippen LogP contribution in [0.2, 0.25) is 0 Å². The van der Waals surface area contributed by atoms with Gasteiger partial charge in [-0.1, -0.05) is 0 Å². The zero-order valence-corrected chi connectivity index (χ0v) is 11.9. The molecule has 2 amide bonds. The van der Waals surface area contributed by atoms with Crippen LogP contribution in [0.25, 0.3) is 0 Å². The van der Waals surface area contributed by atoms with E-state index < -0.39 is 5.97 Å². The molecular formula is C12H20N4O3. The number of carbonyl (C=O) groups excluding carboxylic acids is 2. The van der Waals surface area contributed by atoms with Gasteiger partial charge in [0.15, 0.2) is 0 Å². The SMILES string of the molecule is CCOC(=O)c1c(C)[nH]c(NC(=O)NN(C)C)c1C. The van der Waals surface area contributed by atoms with Gasteiger partial charge in [-0.15, -0.1) is 0 Å². The fourth-order valence-corrected chi connectivity index (χ4v) is 1.73. The van der Waals surface area contributed by atoms with Gasteiger partial charge in [-0.3, -0.25) is 10.7 Å². The van der Waals surface area contributed by atoms with Crippen LogP contribution in [0, 0.1) is 13.8 Å². The van der Waals surface area contributed by atoms with Gasteiger partial charge in [0.05, 0.1) is 12.2 Å².